The van der Waals surface area contributed by atoms with Crippen LogP contribution in [0.4, 0.5) is 0 Å². The Labute approximate surface area is 348 Å². The molecule has 0 spiro atoms. The number of aliphatic carboxylic acids is 1. The molecule has 5 aliphatic carbocycles. The zero-order valence-electron chi connectivity index (χ0n) is 37.3. The lowest BCUT2D eigenvalue weighted by molar-refractivity contribution is -0.249. The van der Waals surface area contributed by atoms with E-state index in [1.54, 1.807) is 0 Å². The maximum atomic E-state index is 13.9. The number of aliphatic hydroxyl groups excluding tert-OH is 5. The summed E-state index contributed by atoms with van der Waals surface area (Å²) in [6.45, 7) is 20.0. The summed E-state index contributed by atoms with van der Waals surface area (Å²) in [4.78, 5) is 37.5. The van der Waals surface area contributed by atoms with Gasteiger partial charge in [-0.2, -0.15) is 0 Å². The molecule has 11 nitrogen and oxygen atoms in total. The molecule has 5 aliphatic rings. The van der Waals surface area contributed by atoms with E-state index in [2.05, 4.69) is 51.3 Å². The van der Waals surface area contributed by atoms with E-state index in [1.807, 2.05) is 27.7 Å². The molecule has 5 rings (SSSR count). The maximum absolute atomic E-state index is 13.9. The van der Waals surface area contributed by atoms with Crippen molar-refractivity contribution in [1.82, 2.24) is 10.6 Å². The summed E-state index contributed by atoms with van der Waals surface area (Å²) in [7, 11) is 0. The van der Waals surface area contributed by atoms with E-state index in [0.29, 0.717) is 50.5 Å². The number of unbranched alkanes of at least 4 members (excludes halogenated alkanes) is 4. The van der Waals surface area contributed by atoms with E-state index in [4.69, 9.17) is 5.11 Å². The van der Waals surface area contributed by atoms with E-state index in [9.17, 15) is 39.9 Å². The highest BCUT2D eigenvalue weighted by Crippen LogP contribution is 2.76. The third-order valence-corrected chi connectivity index (χ3v) is 17.4. The molecule has 0 aromatic heterocycles. The number of carboxylic acids is 1. The van der Waals surface area contributed by atoms with Crippen LogP contribution in [0.15, 0.2) is 11.6 Å². The summed E-state index contributed by atoms with van der Waals surface area (Å²) in [5, 5.41) is 72.5. The molecule has 4 fully saturated rings. The van der Waals surface area contributed by atoms with Gasteiger partial charge in [0.25, 0.3) is 0 Å². The van der Waals surface area contributed by atoms with E-state index in [-0.39, 0.29) is 57.8 Å². The lowest BCUT2D eigenvalue weighted by Crippen LogP contribution is -2.71. The smallest absolute Gasteiger partial charge is 0.306 e. The van der Waals surface area contributed by atoms with Crippen LogP contribution in [0.3, 0.4) is 0 Å². The molecule has 0 aromatic rings. The van der Waals surface area contributed by atoms with Gasteiger partial charge in [-0.15, -0.1) is 0 Å². The Balaban J connectivity index is 1.21. The van der Waals surface area contributed by atoms with Gasteiger partial charge in [-0.25, -0.2) is 0 Å². The van der Waals surface area contributed by atoms with Gasteiger partial charge in [-0.1, -0.05) is 93.2 Å². The van der Waals surface area contributed by atoms with Crippen LogP contribution in [0.1, 0.15) is 165 Å². The van der Waals surface area contributed by atoms with Gasteiger partial charge in [0.1, 0.15) is 0 Å². The molecule has 11 heteroatoms. The molecule has 0 heterocycles. The number of rotatable bonds is 16. The highest BCUT2D eigenvalue weighted by atomic mass is 16.4. The van der Waals surface area contributed by atoms with Crippen molar-refractivity contribution in [1.29, 1.82) is 0 Å². The van der Waals surface area contributed by atoms with Gasteiger partial charge in [-0.3, -0.25) is 14.4 Å². The largest absolute Gasteiger partial charge is 0.481 e. The fourth-order valence-corrected chi connectivity index (χ4v) is 13.9. The predicted molar refractivity (Wildman–Crippen MR) is 224 cm³/mol. The second-order valence-electron chi connectivity index (χ2n) is 22.2. The summed E-state index contributed by atoms with van der Waals surface area (Å²) in [6, 6.07) is -0.602. The molecule has 0 aliphatic heterocycles. The van der Waals surface area contributed by atoms with Crippen molar-refractivity contribution in [3.8, 4) is 0 Å². The van der Waals surface area contributed by atoms with Gasteiger partial charge in [0, 0.05) is 24.8 Å². The molecule has 0 saturated heterocycles. The SMILES string of the molecule is CC(C)C[C@H](NC(=O)CCCCCCCNC(=O)C[C@@]12C(CC(C)(C)[C@@H](O)[C@@H]1O)C1=CCC3[C@@]4(C)CC[C@H](O)C(C)(C)C4CC[C@@]3(C)[C@]1(C)C[C@H]2O)[C@H](O)CC(=O)O. The molecular weight excluding hydrogens is 737 g/mol. The van der Waals surface area contributed by atoms with Crippen molar-refractivity contribution < 1.29 is 45.0 Å². The van der Waals surface area contributed by atoms with Gasteiger partial charge >= 0.3 is 5.97 Å². The van der Waals surface area contributed by atoms with Gasteiger partial charge in [0.15, 0.2) is 0 Å². The highest BCUT2D eigenvalue weighted by molar-refractivity contribution is 5.77. The summed E-state index contributed by atoms with van der Waals surface area (Å²) < 4.78 is 0. The average molecular weight is 817 g/mol. The Hall–Kier alpha value is -2.05. The number of carbonyl (C=O) groups excluding carboxylic acids is 2. The number of hydrogen-bond acceptors (Lipinski definition) is 8. The van der Waals surface area contributed by atoms with Crippen molar-refractivity contribution in [2.75, 3.05) is 6.54 Å². The van der Waals surface area contributed by atoms with Crippen molar-refractivity contribution in [3.63, 3.8) is 0 Å². The number of hydrogen-bond donors (Lipinski definition) is 8. The van der Waals surface area contributed by atoms with E-state index in [0.717, 1.165) is 57.8 Å². The first-order valence-corrected chi connectivity index (χ1v) is 22.8. The fourth-order valence-electron chi connectivity index (χ4n) is 13.9. The van der Waals surface area contributed by atoms with Gasteiger partial charge in [-0.05, 0) is 115 Å². The van der Waals surface area contributed by atoms with E-state index in [1.165, 1.54) is 5.57 Å². The Morgan fingerprint density at radius 2 is 1.47 bits per heavy atom. The second-order valence-corrected chi connectivity index (χ2v) is 22.2. The quantitative estimate of drug-likeness (QED) is 0.0654. The average Bonchev–Trinajstić information content (AvgIpc) is 3.11. The fraction of sp³-hybridized carbons (Fsp3) is 0.894. The number of aliphatic hydroxyl groups is 5. The van der Waals surface area contributed by atoms with Gasteiger partial charge in [0.05, 0.1) is 43.0 Å². The lowest BCUT2D eigenvalue weighted by atomic mass is 9.33. The molecular formula is C47H80N2O9. The third kappa shape index (κ3) is 8.43. The van der Waals surface area contributed by atoms with Crippen LogP contribution >= 0.6 is 0 Å². The minimum Gasteiger partial charge on any atom is -0.481 e. The topological polar surface area (TPSA) is 197 Å². The first kappa shape index (κ1) is 47.0. The monoisotopic (exact) mass is 817 g/mol. The van der Waals surface area contributed by atoms with Crippen molar-refractivity contribution >= 4 is 17.8 Å². The summed E-state index contributed by atoms with van der Waals surface area (Å²) in [5.74, 6) is -0.843. The Morgan fingerprint density at radius 1 is 0.810 bits per heavy atom. The maximum Gasteiger partial charge on any atom is 0.306 e. The Bertz CT molecular complexity index is 1530. The molecule has 332 valence electrons. The lowest BCUT2D eigenvalue weighted by Gasteiger charge is -2.72. The molecule has 8 N–H and O–H groups in total. The molecule has 0 aromatic carbocycles. The molecule has 3 unspecified atom stereocenters. The minimum absolute atomic E-state index is 0.0438. The second kappa shape index (κ2) is 17.4. The Morgan fingerprint density at radius 3 is 2.12 bits per heavy atom. The van der Waals surface area contributed by atoms with E-state index >= 15 is 0 Å². The highest BCUT2D eigenvalue weighted by Gasteiger charge is 2.72. The number of fused-ring (bicyclic) bond motifs is 7. The van der Waals surface area contributed by atoms with Gasteiger partial charge < -0.3 is 41.3 Å². The minimum atomic E-state index is -1.27. The molecule has 4 saturated carbocycles. The first-order valence-electron chi connectivity index (χ1n) is 22.8. The number of carbonyl (C=O) groups is 3. The molecule has 0 radical (unpaired) electrons. The van der Waals surface area contributed by atoms with Crippen molar-refractivity contribution in [2.45, 2.75) is 202 Å². The predicted octanol–water partition coefficient (Wildman–Crippen LogP) is 6.27. The Kier molecular flexibility index (Phi) is 14.1. The van der Waals surface area contributed by atoms with Crippen LogP contribution in [0.25, 0.3) is 0 Å². The van der Waals surface area contributed by atoms with Crippen LogP contribution in [0.5, 0.6) is 0 Å². The van der Waals surface area contributed by atoms with Crippen molar-refractivity contribution in [3.05, 3.63) is 11.6 Å². The summed E-state index contributed by atoms with van der Waals surface area (Å²) in [5.41, 5.74) is -1.19. The third-order valence-electron chi connectivity index (χ3n) is 17.4. The van der Waals surface area contributed by atoms with Crippen LogP contribution < -0.4 is 10.6 Å². The number of amides is 2. The number of nitrogens with one attached hydrogen (secondary N) is 2. The number of allylic oxidation sites excluding steroid dienone is 2. The molecule has 58 heavy (non-hydrogen) atoms. The summed E-state index contributed by atoms with van der Waals surface area (Å²) in [6.07, 6.45) is 7.53. The van der Waals surface area contributed by atoms with Crippen LogP contribution in [0.2, 0.25) is 0 Å². The van der Waals surface area contributed by atoms with Crippen LogP contribution in [-0.2, 0) is 14.4 Å². The zero-order valence-corrected chi connectivity index (χ0v) is 37.3. The zero-order chi connectivity index (χ0) is 43.2. The van der Waals surface area contributed by atoms with Crippen LogP contribution in [0, 0.1) is 56.2 Å². The molecule has 0 bridgehead atoms. The number of carboxylic acid groups (broad SMARTS) is 1. The van der Waals surface area contributed by atoms with E-state index < -0.39 is 53.7 Å². The summed E-state index contributed by atoms with van der Waals surface area (Å²) >= 11 is 0. The van der Waals surface area contributed by atoms with Crippen molar-refractivity contribution in [2.24, 2.45) is 56.2 Å². The first-order chi connectivity index (χ1) is 26.9. The molecule has 13 atom stereocenters. The van der Waals surface area contributed by atoms with Crippen LogP contribution in [-0.4, -0.2) is 91.5 Å². The standard InChI is InChI=1S/C47H80N2O9/c1-28(2)23-31(32(50)24-39(55)56)49-37(53)15-13-11-10-12-14-22-48-38(54)27-47-30(25-42(3,4)40(57)41(47)58)29-16-17-34-44(7)20-19-35(51)43(5,6)33(44)18-21-45(34,8)46(29,9)26-36(47)52/h16,28,30-36,40-41,50-52,57-58H,10-15,17-27H2,1-9H3,(H,48,54)(H,49,53)(H,55,56)/t30?,31-,32+,33?,34?,35-,36+,40-,41-,44-,45+,46+,47-/m0/s1. The normalized spacial score (nSPS) is 39.8. The van der Waals surface area contributed by atoms with Gasteiger partial charge in [0.2, 0.25) is 11.8 Å². The molecule has 2 amide bonds.